The van der Waals surface area contributed by atoms with Gasteiger partial charge in [0.15, 0.2) is 5.82 Å². The highest BCUT2D eigenvalue weighted by Gasteiger charge is 2.21. The van der Waals surface area contributed by atoms with E-state index in [1.165, 1.54) is 11.6 Å². The second kappa shape index (κ2) is 8.90. The molecule has 0 aliphatic heterocycles. The number of pyridine rings is 2. The molecule has 0 fully saturated rings. The molecule has 4 N–H and O–H groups in total. The Morgan fingerprint density at radius 3 is 2.58 bits per heavy atom. The molecule has 0 saturated heterocycles. The van der Waals surface area contributed by atoms with Crippen molar-refractivity contribution in [2.45, 2.75) is 19.3 Å². The van der Waals surface area contributed by atoms with Gasteiger partial charge in [0.25, 0.3) is 0 Å². The van der Waals surface area contributed by atoms with Gasteiger partial charge in [-0.2, -0.15) is 4.39 Å². The first-order valence-corrected chi connectivity index (χ1v) is 11.8. The number of hydrogen-bond donors (Lipinski definition) is 3. The summed E-state index contributed by atoms with van der Waals surface area (Å²) in [6.45, 7) is 2.12. The smallest absolute Gasteiger partial charge is 0.384 e. The Balaban J connectivity index is 1.73. The van der Waals surface area contributed by atoms with E-state index in [9.17, 15) is 8.96 Å². The number of hydrogen-bond acceptors (Lipinski definition) is 5. The Kier molecular flexibility index (Phi) is 6.17. The number of aromatic nitrogens is 2. The van der Waals surface area contributed by atoms with Crippen LogP contribution >= 0.6 is 7.60 Å². The Morgan fingerprint density at radius 1 is 1.18 bits per heavy atom. The van der Waals surface area contributed by atoms with Crippen LogP contribution in [0.2, 0.25) is 0 Å². The molecule has 0 aliphatic rings. The molecular weight excluding hydrogens is 444 g/mol. The molecule has 0 bridgehead atoms. The second-order valence-electron chi connectivity index (χ2n) is 7.90. The van der Waals surface area contributed by atoms with E-state index in [1.54, 1.807) is 25.4 Å². The zero-order valence-electron chi connectivity index (χ0n) is 18.1. The fourth-order valence-corrected chi connectivity index (χ4v) is 4.07. The molecule has 0 amide bonds. The number of benzene rings is 2. The molecule has 33 heavy (non-hydrogen) atoms. The number of methoxy groups -OCH3 is 1. The van der Waals surface area contributed by atoms with Crippen LogP contribution in [0.15, 0.2) is 60.3 Å². The molecule has 4 rings (SSSR count). The monoisotopic (exact) mass is 467 g/mol. The zero-order chi connectivity index (χ0) is 23.8. The number of nitrogens with zero attached hydrogens (tertiary/aromatic N) is 2. The van der Waals surface area contributed by atoms with Crippen molar-refractivity contribution >= 4 is 41.3 Å². The predicted molar refractivity (Wildman–Crippen MR) is 128 cm³/mol. The maximum absolute atomic E-state index is 13.7. The number of nitrogens with two attached hydrogens (primary N) is 1. The molecule has 1 atom stereocenters. The van der Waals surface area contributed by atoms with Crippen LogP contribution in [-0.4, -0.2) is 26.9 Å². The number of rotatable bonds is 6. The number of nitrogen functional groups attached to an aromatic ring is 1. The lowest BCUT2D eigenvalue weighted by atomic mass is 9.93. The van der Waals surface area contributed by atoms with Crippen LogP contribution in [0.4, 0.5) is 10.2 Å². The van der Waals surface area contributed by atoms with Crippen LogP contribution in [0.5, 0.6) is 5.75 Å². The van der Waals surface area contributed by atoms with Crippen LogP contribution in [-0.2, 0) is 11.0 Å². The summed E-state index contributed by atoms with van der Waals surface area (Å²) in [5.41, 5.74) is 8.13. The summed E-state index contributed by atoms with van der Waals surface area (Å²) in [4.78, 5) is 26.8. The van der Waals surface area contributed by atoms with E-state index >= 15 is 0 Å². The fourth-order valence-electron chi connectivity index (χ4n) is 3.76. The summed E-state index contributed by atoms with van der Waals surface area (Å²) in [6, 6.07) is 14.8. The van der Waals surface area contributed by atoms with E-state index < -0.39 is 13.2 Å². The lowest BCUT2D eigenvalue weighted by Gasteiger charge is -2.14. The fraction of sp³-hybridized carbons (Fsp3) is 0.167. The topological polar surface area (TPSA) is 119 Å². The lowest BCUT2D eigenvalue weighted by Crippen LogP contribution is -2.01. The minimum Gasteiger partial charge on any atom is -0.497 e. The molecule has 0 aliphatic carbocycles. The summed E-state index contributed by atoms with van der Waals surface area (Å²) in [7, 11) is -3.31. The minimum absolute atomic E-state index is 0.180. The molecule has 0 radical (unpaired) electrons. The van der Waals surface area contributed by atoms with Crippen LogP contribution < -0.4 is 10.5 Å². The van der Waals surface area contributed by atoms with Gasteiger partial charge >= 0.3 is 7.60 Å². The van der Waals surface area contributed by atoms with E-state index in [1.807, 2.05) is 30.3 Å². The highest BCUT2D eigenvalue weighted by Crippen LogP contribution is 2.46. The van der Waals surface area contributed by atoms with Gasteiger partial charge in [-0.15, -0.1) is 0 Å². The summed E-state index contributed by atoms with van der Waals surface area (Å²) in [5, 5.41) is 1.57. The number of ether oxygens (including phenoxy) is 1. The van der Waals surface area contributed by atoms with E-state index in [0.29, 0.717) is 11.0 Å². The van der Waals surface area contributed by atoms with Gasteiger partial charge in [-0.25, -0.2) is 4.98 Å². The normalized spacial score (nSPS) is 13.4. The maximum atomic E-state index is 13.7. The average Bonchev–Trinajstić information content (AvgIpc) is 2.78. The maximum Gasteiger partial charge on any atom is 0.384 e. The zero-order valence-corrected chi connectivity index (χ0v) is 19.0. The molecular formula is C24H23FN3O4P. The standard InChI is InChI=1S/C24H23FN3O4P/c1-14(9-15-3-6-18(32-2)7-4-15)17-12-20-19-8-5-16(11-22(25)33(29,30)31)10-21(19)28-24(26)23(20)27-13-17/h3-8,10-14H,9H2,1-2H3,(H2,26,28)(H2,29,30,31). The summed E-state index contributed by atoms with van der Waals surface area (Å²) in [6.07, 6.45) is 3.41. The molecule has 9 heteroatoms. The average molecular weight is 467 g/mol. The molecule has 170 valence electrons. The Morgan fingerprint density at radius 2 is 1.91 bits per heavy atom. The van der Waals surface area contributed by atoms with Crippen molar-refractivity contribution in [2.24, 2.45) is 0 Å². The second-order valence-corrected chi connectivity index (χ2v) is 9.42. The Bertz CT molecular complexity index is 1420. The third-order valence-corrected chi connectivity index (χ3v) is 6.22. The van der Waals surface area contributed by atoms with Gasteiger partial charge in [0.1, 0.15) is 11.3 Å². The third kappa shape index (κ3) is 4.88. The van der Waals surface area contributed by atoms with Crippen molar-refractivity contribution in [3.05, 3.63) is 77.0 Å². The molecule has 7 nitrogen and oxygen atoms in total. The third-order valence-electron chi connectivity index (χ3n) is 5.54. The molecule has 2 heterocycles. The number of fused-ring (bicyclic) bond motifs is 3. The number of anilines is 1. The van der Waals surface area contributed by atoms with Crippen LogP contribution in [0.25, 0.3) is 27.9 Å². The quantitative estimate of drug-likeness (QED) is 0.265. The van der Waals surface area contributed by atoms with Crippen molar-refractivity contribution in [3.63, 3.8) is 0 Å². The Hall–Kier alpha value is -3.32. The highest BCUT2D eigenvalue weighted by molar-refractivity contribution is 7.56. The molecule has 0 spiro atoms. The van der Waals surface area contributed by atoms with E-state index in [2.05, 4.69) is 16.9 Å². The largest absolute Gasteiger partial charge is 0.497 e. The van der Waals surface area contributed by atoms with Crippen LogP contribution in [0.1, 0.15) is 29.5 Å². The van der Waals surface area contributed by atoms with Gasteiger partial charge < -0.3 is 20.3 Å². The van der Waals surface area contributed by atoms with Gasteiger partial charge in [-0.05, 0) is 59.4 Å². The summed E-state index contributed by atoms with van der Waals surface area (Å²) < 4.78 is 30.0. The lowest BCUT2D eigenvalue weighted by molar-refractivity contribution is 0.369. The first-order chi connectivity index (χ1) is 15.7. The molecule has 1 unspecified atom stereocenters. The van der Waals surface area contributed by atoms with Gasteiger partial charge in [0.05, 0.1) is 12.6 Å². The minimum atomic E-state index is -4.95. The molecule has 4 aromatic rings. The molecule has 2 aromatic carbocycles. The number of halogens is 1. The molecule has 2 aromatic heterocycles. The highest BCUT2D eigenvalue weighted by atomic mass is 31.2. The van der Waals surface area contributed by atoms with Gasteiger partial charge in [0.2, 0.25) is 5.57 Å². The van der Waals surface area contributed by atoms with Crippen LogP contribution in [0, 0.1) is 0 Å². The summed E-state index contributed by atoms with van der Waals surface area (Å²) in [5.74, 6) is 1.21. The first kappa shape index (κ1) is 22.9. The predicted octanol–water partition coefficient (Wildman–Crippen LogP) is 5.17. The SMILES string of the molecule is COc1ccc(CC(C)c2cnc3c(N)nc4cc(C=C(F)P(=O)(O)O)ccc4c3c2)cc1. The van der Waals surface area contributed by atoms with Crippen molar-refractivity contribution in [3.8, 4) is 5.75 Å². The van der Waals surface area contributed by atoms with E-state index in [4.69, 9.17) is 20.3 Å². The van der Waals surface area contributed by atoms with Crippen LogP contribution in [0.3, 0.4) is 0 Å². The first-order valence-electron chi connectivity index (χ1n) is 10.2. The van der Waals surface area contributed by atoms with E-state index in [0.717, 1.165) is 34.6 Å². The van der Waals surface area contributed by atoms with Crippen molar-refractivity contribution in [1.29, 1.82) is 0 Å². The van der Waals surface area contributed by atoms with Crippen molar-refractivity contribution in [1.82, 2.24) is 9.97 Å². The van der Waals surface area contributed by atoms with E-state index in [-0.39, 0.29) is 17.3 Å². The molecule has 0 saturated carbocycles. The van der Waals surface area contributed by atoms with Gasteiger partial charge in [0, 0.05) is 17.0 Å². The van der Waals surface area contributed by atoms with Gasteiger partial charge in [-0.3, -0.25) is 9.55 Å². The van der Waals surface area contributed by atoms with Crippen molar-refractivity contribution < 1.29 is 23.5 Å². The summed E-state index contributed by atoms with van der Waals surface area (Å²) >= 11 is 0. The van der Waals surface area contributed by atoms with Crippen molar-refractivity contribution in [2.75, 3.05) is 12.8 Å². The van der Waals surface area contributed by atoms with Gasteiger partial charge in [-0.1, -0.05) is 31.2 Å². The Labute approximate surface area is 189 Å².